The molecule has 0 bridgehead atoms. The van der Waals surface area contributed by atoms with Crippen LogP contribution in [0.4, 0.5) is 0 Å². The first-order valence-electron chi connectivity index (χ1n) is 41.2. The van der Waals surface area contributed by atoms with Crippen molar-refractivity contribution in [3.8, 4) is 143 Å². The van der Waals surface area contributed by atoms with Gasteiger partial charge in [-0.3, -0.25) is 42.2 Å². The van der Waals surface area contributed by atoms with Gasteiger partial charge in [-0.15, -0.1) is 30.6 Å². The van der Waals surface area contributed by atoms with Crippen LogP contribution in [-0.4, -0.2) is 141 Å². The third-order valence-corrected chi connectivity index (χ3v) is 21.4. The maximum atomic E-state index is 12.8. The van der Waals surface area contributed by atoms with E-state index in [0.29, 0.717) is 41.0 Å². The molecule has 0 amide bonds. The summed E-state index contributed by atoms with van der Waals surface area (Å²) in [5, 5.41) is 109. The topological polar surface area (TPSA) is 589 Å². The highest BCUT2D eigenvalue weighted by molar-refractivity contribution is 9.26. The summed E-state index contributed by atoms with van der Waals surface area (Å²) in [6, 6.07) is 54.3. The zero-order chi connectivity index (χ0) is 101. The van der Waals surface area contributed by atoms with E-state index < -0.39 is 131 Å². The van der Waals surface area contributed by atoms with Crippen LogP contribution in [0, 0.1) is 0 Å². The molecular weight excluding hydrogens is 2080 g/mol. The van der Waals surface area contributed by atoms with Crippen molar-refractivity contribution in [2.45, 2.75) is 89.3 Å². The Morgan fingerprint density at radius 1 is 0.319 bits per heavy atom. The monoisotopic (exact) mass is 2190 g/mol. The quantitative estimate of drug-likeness (QED) is 0.0104. The number of aromatic hydroxyl groups is 11. The van der Waals surface area contributed by atoms with Gasteiger partial charge in [-0.1, -0.05) is 213 Å². The van der Waals surface area contributed by atoms with Crippen LogP contribution in [0.2, 0.25) is 39.3 Å². The summed E-state index contributed by atoms with van der Waals surface area (Å²) < 4.78 is 110. The molecule has 0 atom stereocenters. The third kappa shape index (κ3) is 33.3. The minimum Gasteiger partial charge on any atom is -0.508 e. The van der Waals surface area contributed by atoms with Crippen LogP contribution in [0.1, 0.15) is 51.4 Å². The lowest BCUT2D eigenvalue weighted by molar-refractivity contribution is 0.0810. The number of rotatable bonds is 26. The van der Waals surface area contributed by atoms with Gasteiger partial charge < -0.3 is 135 Å². The van der Waals surface area contributed by atoms with Gasteiger partial charge in [0.05, 0.1) is 26.4 Å². The summed E-state index contributed by atoms with van der Waals surface area (Å²) in [4.78, 5) is 97.8. The van der Waals surface area contributed by atoms with Gasteiger partial charge in [-0.2, -0.15) is 0 Å². The Hall–Kier alpha value is -12.6. The molecule has 45 heteroatoms. The van der Waals surface area contributed by atoms with Crippen molar-refractivity contribution < 1.29 is 155 Å². The van der Waals surface area contributed by atoms with Crippen LogP contribution in [-0.2, 0) is 36.3 Å². The van der Waals surface area contributed by atoms with Gasteiger partial charge in [0.15, 0.2) is 54.6 Å². The van der Waals surface area contributed by atoms with Crippen molar-refractivity contribution in [1.82, 2.24) is 0 Å². The molecule has 15 rings (SSSR count). The van der Waals surface area contributed by atoms with E-state index in [2.05, 4.69) is 69.9 Å². The van der Waals surface area contributed by atoms with Crippen LogP contribution in [0.3, 0.4) is 0 Å². The maximum Gasteiger partial charge on any atom is 0.367 e. The van der Waals surface area contributed by atoms with Gasteiger partial charge in [0.1, 0.15) is 126 Å². The molecule has 5 heterocycles. The van der Waals surface area contributed by atoms with Crippen LogP contribution >= 0.6 is 62.0 Å². The number of halogens is 2. The number of hydrogen-bond donors (Lipinski definition) is 15. The summed E-state index contributed by atoms with van der Waals surface area (Å²) in [6.45, 7) is 19.8. The Kier molecular flexibility index (Phi) is 43.4. The molecule has 0 saturated heterocycles. The highest BCUT2D eigenvalue weighted by atomic mass is 79.9. The second-order valence-corrected chi connectivity index (χ2v) is 59.6. The zero-order valence-electron chi connectivity index (χ0n) is 75.1. The second-order valence-electron chi connectivity index (χ2n) is 30.7. The normalized spacial score (nSPS) is 11.2. The van der Waals surface area contributed by atoms with Gasteiger partial charge >= 0.3 is 31.4 Å². The molecule has 0 aliphatic carbocycles. The number of hydrogen-bond acceptors (Lipinski definition) is 33. The lowest BCUT2D eigenvalue weighted by Crippen LogP contribution is -2.09. The molecule has 15 aromatic rings. The molecule has 0 aliphatic rings. The number of fused-ring (bicyclic) bond motifs is 5. The number of ether oxygens (including phenoxy) is 4. The minimum atomic E-state index is -4.51. The number of phenolic OH excluding ortho intramolecular Hbond substituents is 6. The first-order valence-corrected chi connectivity index (χ1v) is 59.1. The van der Waals surface area contributed by atoms with Crippen LogP contribution in [0.5, 0.6) is 86.2 Å². The summed E-state index contributed by atoms with van der Waals surface area (Å²) in [7, 11) is -14.0. The van der Waals surface area contributed by atoms with Gasteiger partial charge in [0.2, 0.25) is 55.9 Å². The molecule has 37 nitrogen and oxygen atoms in total. The second kappa shape index (κ2) is 52.2. The standard InChI is InChI=1S/2C20H21O8P.2C16H13O8P.C15H10O5.2C3H9BrSi.3CH4.H2/c1-3-25-29(26-4-2)27-12-24-14-10-15(21)17-16(11-14)28-20(19(23)18(17)22)13-8-6-5-7-9-13;1-3-26-29(24,27-4-2)12-25-15-10-14(21)11-16-17(15)18(22)19(23)20(28-16)13-8-6-5-7-9-13;17-11-6-10(23-8-25(20,21)22)7-12-13(11)14(18)15(19)16(24-12)9-4-2-1-3-5-9;17-10-6-11(23-8-25(20,21)22)13-12(7-10)24-16(15(19)14(13)18)9-4-2-1-3-5-9;16-9-6-10(17)12-11(7-9)20-15(14(19)13(12)18)8-4-2-1-3-5-8;2*1-5(2,3)4;;;;/h2*5-11,21,23H,3-4,12H2,1-2H3;2*1-7,17,19H,8H2,(H2,20,21,22);1-7,16-17,19H;2*1-3H3;3*1H4;1H. The first kappa shape index (κ1) is 117. The van der Waals surface area contributed by atoms with E-state index in [9.17, 15) is 93.8 Å². The van der Waals surface area contributed by atoms with Crippen LogP contribution in [0.15, 0.2) is 258 Å². The van der Waals surface area contributed by atoms with Gasteiger partial charge in [0, 0.05) is 89.9 Å². The highest BCUT2D eigenvalue weighted by Crippen LogP contribution is 2.50. The Morgan fingerprint density at radius 3 is 0.837 bits per heavy atom. The molecule has 141 heavy (non-hydrogen) atoms. The highest BCUT2D eigenvalue weighted by Gasteiger charge is 2.30. The number of benzene rings is 10. The first-order chi connectivity index (χ1) is 65.0. The van der Waals surface area contributed by atoms with E-state index in [1.807, 2.05) is 13.8 Å². The van der Waals surface area contributed by atoms with Crippen molar-refractivity contribution in [3.05, 3.63) is 263 Å². The molecule has 15 N–H and O–H groups in total. The van der Waals surface area contributed by atoms with Crippen molar-refractivity contribution in [2.24, 2.45) is 0 Å². The molecule has 0 unspecified atom stereocenters. The lowest BCUT2D eigenvalue weighted by Gasteiger charge is -2.18. The van der Waals surface area contributed by atoms with E-state index in [1.54, 1.807) is 166 Å². The fourth-order valence-electron chi connectivity index (χ4n) is 12.1. The molecule has 5 aromatic heterocycles. The fourth-order valence-corrected chi connectivity index (χ4v) is 14.8. The maximum absolute atomic E-state index is 12.8. The Labute approximate surface area is 827 Å². The molecule has 0 fully saturated rings. The van der Waals surface area contributed by atoms with Crippen molar-refractivity contribution in [3.63, 3.8) is 0 Å². The summed E-state index contributed by atoms with van der Waals surface area (Å²) in [5.74, 6) is -5.75. The van der Waals surface area contributed by atoms with Crippen LogP contribution < -0.4 is 46.1 Å². The molecule has 0 aliphatic heterocycles. The average molecular weight is 2200 g/mol. The van der Waals surface area contributed by atoms with Crippen molar-refractivity contribution in [1.29, 1.82) is 0 Å². The predicted octanol–water partition coefficient (Wildman–Crippen LogP) is 22.9. The van der Waals surface area contributed by atoms with E-state index in [-0.39, 0.29) is 173 Å². The summed E-state index contributed by atoms with van der Waals surface area (Å²) in [6.07, 6.45) is -2.37. The number of phenols is 6. The fraction of sp³-hybridized carbons (Fsp3) is 0.219. The van der Waals surface area contributed by atoms with E-state index in [1.165, 1.54) is 36.4 Å². The van der Waals surface area contributed by atoms with Gasteiger partial charge in [-0.25, -0.2) is 0 Å². The smallest absolute Gasteiger partial charge is 0.367 e. The van der Waals surface area contributed by atoms with Crippen LogP contribution in [0.25, 0.3) is 111 Å². The van der Waals surface area contributed by atoms with E-state index in [4.69, 9.17) is 83.2 Å². The molecule has 0 spiro atoms. The van der Waals surface area contributed by atoms with Crippen molar-refractivity contribution in [2.75, 3.05) is 52.3 Å². The summed E-state index contributed by atoms with van der Waals surface area (Å²) >= 11 is 7.03. The lowest BCUT2D eigenvalue weighted by atomic mass is 10.1. The largest absolute Gasteiger partial charge is 0.508 e. The Bertz CT molecular complexity index is 7160. The summed E-state index contributed by atoms with van der Waals surface area (Å²) in [5.41, 5.74) is -1.60. The van der Waals surface area contributed by atoms with Crippen molar-refractivity contribution >= 4 is 130 Å². The third-order valence-electron chi connectivity index (χ3n) is 17.5. The Balaban J connectivity index is 0.000000304. The Morgan fingerprint density at radius 2 is 0.560 bits per heavy atom. The molecule has 0 radical (unpaired) electrons. The molecular formula is C96H110Br2O37P4Si2. The predicted molar refractivity (Wildman–Crippen MR) is 553 cm³/mol. The molecule has 758 valence electrons. The van der Waals surface area contributed by atoms with E-state index in [0.717, 1.165) is 24.3 Å². The van der Waals surface area contributed by atoms with Gasteiger partial charge in [0.25, 0.3) is 0 Å². The molecule has 0 saturated carbocycles. The van der Waals surface area contributed by atoms with E-state index >= 15 is 0 Å². The SMILES string of the molecule is C.C.C.CCOP(=O)(COc1cc(O)cc2oc(-c3ccccc3)c(O)c(=O)c12)OCC.CCOP(OCC)OCOc1cc(O)c2c(=O)c(O)c(-c3ccccc3)oc2c1.C[Si](C)(C)Br.C[Si](C)(C)Br.O=c1c(O)c(-c2ccccc2)oc2cc(O)cc(O)c12.O=c1c(O)c(-c2ccccc2)oc2cc(O)cc(OCP(=O)(O)O)c12.O=c1c(O)c(-c2ccccc2)oc2cc(OCP(=O)(O)O)cc(O)c12.[HH]. The molecule has 10 aromatic carbocycles. The average Bonchev–Trinajstić information content (AvgIpc) is 0.765. The van der Waals surface area contributed by atoms with Gasteiger partial charge in [-0.05, 0) is 27.7 Å². The zero-order valence-corrected chi connectivity index (χ0v) is 83.8. The minimum absolute atomic E-state index is 0.